The molecule has 4 nitrogen and oxygen atoms in total. The van der Waals surface area contributed by atoms with Crippen LogP contribution in [0.2, 0.25) is 0 Å². The molecule has 2 atom stereocenters. The molecule has 1 aromatic carbocycles. The van der Waals surface area contributed by atoms with Crippen LogP contribution in [0.5, 0.6) is 5.75 Å². The van der Waals surface area contributed by atoms with E-state index in [4.69, 9.17) is 9.47 Å². The van der Waals surface area contributed by atoms with Crippen molar-refractivity contribution in [2.24, 2.45) is 5.92 Å². The number of methoxy groups -OCH3 is 1. The number of rotatable bonds is 4. The number of hydrogen-bond acceptors (Lipinski definition) is 4. The van der Waals surface area contributed by atoms with Crippen LogP contribution in [0.4, 0.5) is 0 Å². The van der Waals surface area contributed by atoms with E-state index >= 15 is 0 Å². The first-order valence-corrected chi connectivity index (χ1v) is 7.14. The molecule has 0 saturated carbocycles. The van der Waals surface area contributed by atoms with E-state index in [-0.39, 0.29) is 12.1 Å². The maximum atomic E-state index is 11.7. The SMILES string of the molecule is COC(=O)c1ccccc1OC(C)C1CCCN(C)C1. The molecule has 1 saturated heterocycles. The van der Waals surface area contributed by atoms with Crippen LogP contribution < -0.4 is 4.74 Å². The first-order valence-electron chi connectivity index (χ1n) is 7.14. The van der Waals surface area contributed by atoms with E-state index in [1.165, 1.54) is 20.0 Å². The van der Waals surface area contributed by atoms with Gasteiger partial charge in [0.15, 0.2) is 0 Å². The molecule has 110 valence electrons. The quantitative estimate of drug-likeness (QED) is 0.793. The highest BCUT2D eigenvalue weighted by Crippen LogP contribution is 2.25. The minimum Gasteiger partial charge on any atom is -0.489 e. The lowest BCUT2D eigenvalue weighted by Crippen LogP contribution is -2.39. The Morgan fingerprint density at radius 1 is 1.40 bits per heavy atom. The summed E-state index contributed by atoms with van der Waals surface area (Å²) in [6, 6.07) is 7.26. The topological polar surface area (TPSA) is 38.8 Å². The van der Waals surface area contributed by atoms with Gasteiger partial charge in [-0.1, -0.05) is 12.1 Å². The van der Waals surface area contributed by atoms with E-state index < -0.39 is 0 Å². The molecule has 0 N–H and O–H groups in total. The molecular weight excluding hydrogens is 254 g/mol. The van der Waals surface area contributed by atoms with E-state index in [1.807, 2.05) is 18.2 Å². The number of esters is 1. The summed E-state index contributed by atoms with van der Waals surface area (Å²) in [5, 5.41) is 0. The average Bonchev–Trinajstić information content (AvgIpc) is 2.47. The number of nitrogens with zero attached hydrogens (tertiary/aromatic N) is 1. The molecule has 2 rings (SSSR count). The number of carbonyl (C=O) groups excluding carboxylic acids is 1. The largest absolute Gasteiger partial charge is 0.489 e. The third-order valence-corrected chi connectivity index (χ3v) is 3.93. The van der Waals surface area contributed by atoms with Crippen molar-refractivity contribution in [2.45, 2.75) is 25.9 Å². The van der Waals surface area contributed by atoms with Crippen LogP contribution in [-0.4, -0.2) is 44.2 Å². The first kappa shape index (κ1) is 14.9. The summed E-state index contributed by atoms with van der Waals surface area (Å²) in [5.74, 6) is 0.757. The van der Waals surface area contributed by atoms with Crippen LogP contribution in [0.15, 0.2) is 24.3 Å². The van der Waals surface area contributed by atoms with Crippen molar-refractivity contribution in [1.82, 2.24) is 4.90 Å². The van der Waals surface area contributed by atoms with Gasteiger partial charge in [-0.25, -0.2) is 4.79 Å². The lowest BCUT2D eigenvalue weighted by atomic mass is 9.93. The second-order valence-corrected chi connectivity index (χ2v) is 5.48. The van der Waals surface area contributed by atoms with E-state index in [0.717, 1.165) is 13.1 Å². The maximum Gasteiger partial charge on any atom is 0.341 e. The molecule has 1 aliphatic rings. The average molecular weight is 277 g/mol. The van der Waals surface area contributed by atoms with Crippen LogP contribution in [0.3, 0.4) is 0 Å². The zero-order valence-corrected chi connectivity index (χ0v) is 12.5. The number of piperidine rings is 1. The number of para-hydroxylation sites is 1. The van der Waals surface area contributed by atoms with Gasteiger partial charge in [0, 0.05) is 12.5 Å². The van der Waals surface area contributed by atoms with Gasteiger partial charge < -0.3 is 14.4 Å². The maximum absolute atomic E-state index is 11.7. The summed E-state index contributed by atoms with van der Waals surface area (Å²) in [4.78, 5) is 14.1. The molecule has 0 radical (unpaired) electrons. The Kier molecular flexibility index (Phi) is 5.01. The van der Waals surface area contributed by atoms with Crippen molar-refractivity contribution in [1.29, 1.82) is 0 Å². The van der Waals surface area contributed by atoms with Gasteiger partial charge in [-0.15, -0.1) is 0 Å². The monoisotopic (exact) mass is 277 g/mol. The summed E-state index contributed by atoms with van der Waals surface area (Å²) in [5.41, 5.74) is 0.492. The molecule has 0 aliphatic carbocycles. The zero-order valence-electron chi connectivity index (χ0n) is 12.5. The molecule has 1 fully saturated rings. The number of benzene rings is 1. The minimum atomic E-state index is -0.353. The van der Waals surface area contributed by atoms with Gasteiger partial charge in [-0.3, -0.25) is 0 Å². The molecular formula is C16H23NO3. The fraction of sp³-hybridized carbons (Fsp3) is 0.562. The highest BCUT2D eigenvalue weighted by atomic mass is 16.5. The fourth-order valence-electron chi connectivity index (χ4n) is 2.73. The number of hydrogen-bond donors (Lipinski definition) is 0. The summed E-state index contributed by atoms with van der Waals surface area (Å²) in [6.07, 6.45) is 2.46. The highest BCUT2D eigenvalue weighted by Gasteiger charge is 2.25. The predicted octanol–water partition coefficient (Wildman–Crippen LogP) is 2.58. The van der Waals surface area contributed by atoms with Crippen molar-refractivity contribution >= 4 is 5.97 Å². The Labute approximate surface area is 120 Å². The molecule has 20 heavy (non-hydrogen) atoms. The van der Waals surface area contributed by atoms with Gasteiger partial charge in [0.05, 0.1) is 13.2 Å². The highest BCUT2D eigenvalue weighted by molar-refractivity contribution is 5.92. The van der Waals surface area contributed by atoms with Gasteiger partial charge in [-0.2, -0.15) is 0 Å². The van der Waals surface area contributed by atoms with Crippen molar-refractivity contribution in [2.75, 3.05) is 27.2 Å². The van der Waals surface area contributed by atoms with Crippen LogP contribution >= 0.6 is 0 Å². The van der Waals surface area contributed by atoms with Crippen molar-refractivity contribution in [3.05, 3.63) is 29.8 Å². The van der Waals surface area contributed by atoms with Gasteiger partial charge in [0.1, 0.15) is 11.3 Å². The van der Waals surface area contributed by atoms with E-state index in [2.05, 4.69) is 18.9 Å². The normalized spacial score (nSPS) is 21.2. The lowest BCUT2D eigenvalue weighted by molar-refractivity contribution is 0.0580. The Bertz CT molecular complexity index is 461. The molecule has 4 heteroatoms. The smallest absolute Gasteiger partial charge is 0.341 e. The standard InChI is InChI=1S/C16H23NO3/c1-12(13-7-6-10-17(2)11-13)20-15-9-5-4-8-14(15)16(18)19-3/h4-5,8-9,12-13H,6-7,10-11H2,1-3H3. The van der Waals surface area contributed by atoms with Crippen molar-refractivity contribution in [3.63, 3.8) is 0 Å². The summed E-state index contributed by atoms with van der Waals surface area (Å²) >= 11 is 0. The number of carbonyl (C=O) groups is 1. The third kappa shape index (κ3) is 3.51. The number of ether oxygens (including phenoxy) is 2. The summed E-state index contributed by atoms with van der Waals surface area (Å²) in [7, 11) is 3.53. The van der Waals surface area contributed by atoms with Gasteiger partial charge >= 0.3 is 5.97 Å². The van der Waals surface area contributed by atoms with E-state index in [1.54, 1.807) is 6.07 Å². The lowest BCUT2D eigenvalue weighted by Gasteiger charge is -2.33. The van der Waals surface area contributed by atoms with Gasteiger partial charge in [0.2, 0.25) is 0 Å². The van der Waals surface area contributed by atoms with Crippen LogP contribution in [0, 0.1) is 5.92 Å². The van der Waals surface area contributed by atoms with E-state index in [9.17, 15) is 4.79 Å². The van der Waals surface area contributed by atoms with Crippen LogP contribution in [0.1, 0.15) is 30.1 Å². The van der Waals surface area contributed by atoms with Crippen LogP contribution in [0.25, 0.3) is 0 Å². The van der Waals surface area contributed by atoms with E-state index in [0.29, 0.717) is 17.2 Å². The summed E-state index contributed by atoms with van der Waals surface area (Å²) < 4.78 is 10.8. The molecule has 0 aromatic heterocycles. The number of likely N-dealkylation sites (tertiary alicyclic amines) is 1. The Balaban J connectivity index is 2.07. The molecule has 2 unspecified atom stereocenters. The van der Waals surface area contributed by atoms with Gasteiger partial charge in [0.25, 0.3) is 0 Å². The molecule has 0 spiro atoms. The third-order valence-electron chi connectivity index (χ3n) is 3.93. The van der Waals surface area contributed by atoms with Crippen LogP contribution in [-0.2, 0) is 4.74 Å². The first-order chi connectivity index (χ1) is 9.61. The second kappa shape index (κ2) is 6.75. The predicted molar refractivity (Wildman–Crippen MR) is 78.1 cm³/mol. The molecule has 0 bridgehead atoms. The molecule has 1 heterocycles. The second-order valence-electron chi connectivity index (χ2n) is 5.48. The zero-order chi connectivity index (χ0) is 14.5. The molecule has 1 aliphatic heterocycles. The summed E-state index contributed by atoms with van der Waals surface area (Å²) in [6.45, 7) is 4.28. The Morgan fingerprint density at radius 2 is 2.15 bits per heavy atom. The van der Waals surface area contributed by atoms with Crippen molar-refractivity contribution in [3.8, 4) is 5.75 Å². The van der Waals surface area contributed by atoms with Crippen molar-refractivity contribution < 1.29 is 14.3 Å². The minimum absolute atomic E-state index is 0.0866. The molecule has 1 aromatic rings. The molecule has 0 amide bonds. The fourth-order valence-corrected chi connectivity index (χ4v) is 2.73. The Hall–Kier alpha value is -1.55. The Morgan fingerprint density at radius 3 is 2.85 bits per heavy atom. The van der Waals surface area contributed by atoms with Gasteiger partial charge in [-0.05, 0) is 45.5 Å².